The van der Waals surface area contributed by atoms with E-state index in [9.17, 15) is 13.2 Å². The van der Waals surface area contributed by atoms with Crippen molar-refractivity contribution >= 4 is 21.6 Å². The lowest BCUT2D eigenvalue weighted by atomic mass is 10.0. The Morgan fingerprint density at radius 2 is 1.67 bits per heavy atom. The average Bonchev–Trinajstić information content (AvgIpc) is 2.70. The van der Waals surface area contributed by atoms with E-state index in [2.05, 4.69) is 48.3 Å². The summed E-state index contributed by atoms with van der Waals surface area (Å²) >= 11 is 0. The van der Waals surface area contributed by atoms with Crippen LogP contribution in [0.4, 0.5) is 5.69 Å². The van der Waals surface area contributed by atoms with Crippen molar-refractivity contribution in [1.29, 1.82) is 0 Å². The van der Waals surface area contributed by atoms with Gasteiger partial charge in [-0.1, -0.05) is 44.2 Å². The molecule has 0 saturated carbocycles. The summed E-state index contributed by atoms with van der Waals surface area (Å²) in [7, 11) is -3.61. The Bertz CT molecular complexity index is 993. The van der Waals surface area contributed by atoms with Crippen LogP contribution in [0.1, 0.15) is 43.4 Å². The second kappa shape index (κ2) is 9.29. The molecular weight excluding hydrogens is 398 g/mol. The second-order valence-electron chi connectivity index (χ2n) is 8.24. The van der Waals surface area contributed by atoms with E-state index < -0.39 is 10.0 Å². The Morgan fingerprint density at radius 3 is 2.23 bits per heavy atom. The van der Waals surface area contributed by atoms with E-state index in [4.69, 9.17) is 0 Å². The number of carbonyl (C=O) groups excluding carboxylic acids is 1. The van der Waals surface area contributed by atoms with Crippen molar-refractivity contribution in [3.8, 4) is 0 Å². The number of sulfonamides is 1. The van der Waals surface area contributed by atoms with Gasteiger partial charge in [0.15, 0.2) is 0 Å². The summed E-state index contributed by atoms with van der Waals surface area (Å²) < 4.78 is 28.0. The topological polar surface area (TPSA) is 69.7 Å². The summed E-state index contributed by atoms with van der Waals surface area (Å²) in [4.78, 5) is 13.9. The lowest BCUT2D eigenvalue weighted by molar-refractivity contribution is -0.114. The molecule has 162 valence electrons. The maximum absolute atomic E-state index is 13.2. The molecule has 3 rings (SSSR count). The number of nitrogens with zero attached hydrogens (tertiary/aromatic N) is 2. The second-order valence-corrected chi connectivity index (χ2v) is 10.1. The fraction of sp³-hybridized carbons (Fsp3) is 0.435. The molecule has 0 bridgehead atoms. The first-order chi connectivity index (χ1) is 14.2. The summed E-state index contributed by atoms with van der Waals surface area (Å²) in [5, 5.41) is 2.66. The van der Waals surface area contributed by atoms with Gasteiger partial charge in [-0.05, 0) is 41.7 Å². The van der Waals surface area contributed by atoms with Gasteiger partial charge < -0.3 is 5.32 Å². The van der Waals surface area contributed by atoms with Gasteiger partial charge >= 0.3 is 0 Å². The Labute approximate surface area is 179 Å². The minimum Gasteiger partial charge on any atom is -0.326 e. The standard InChI is InChI=1S/C23H31N3O3S/c1-17(2)21-8-6-20(7-9-21)16-25-11-13-26(14-12-25)30(28,29)23-15-22(24-19(4)27)10-5-18(23)3/h5-10,15,17H,11-14,16H2,1-4H3,(H,24,27). The molecule has 1 saturated heterocycles. The highest BCUT2D eigenvalue weighted by molar-refractivity contribution is 7.89. The maximum Gasteiger partial charge on any atom is 0.243 e. The molecule has 0 radical (unpaired) electrons. The van der Waals surface area contributed by atoms with E-state index in [1.54, 1.807) is 29.4 Å². The summed E-state index contributed by atoms with van der Waals surface area (Å²) in [6.07, 6.45) is 0. The van der Waals surface area contributed by atoms with E-state index in [0.29, 0.717) is 43.3 Å². The first kappa shape index (κ1) is 22.5. The van der Waals surface area contributed by atoms with Gasteiger partial charge in [0, 0.05) is 45.3 Å². The van der Waals surface area contributed by atoms with Gasteiger partial charge in [-0.2, -0.15) is 4.31 Å². The number of hydrogen-bond donors (Lipinski definition) is 1. The van der Waals surface area contributed by atoms with Crippen LogP contribution in [0.3, 0.4) is 0 Å². The van der Waals surface area contributed by atoms with Crippen molar-refractivity contribution in [2.45, 2.75) is 45.1 Å². The van der Waals surface area contributed by atoms with Crippen molar-refractivity contribution in [3.63, 3.8) is 0 Å². The highest BCUT2D eigenvalue weighted by Crippen LogP contribution is 2.25. The monoisotopic (exact) mass is 429 g/mol. The third-order valence-electron chi connectivity index (χ3n) is 5.51. The molecule has 1 fully saturated rings. The summed E-state index contributed by atoms with van der Waals surface area (Å²) in [6.45, 7) is 10.7. The molecule has 1 N–H and O–H groups in total. The zero-order valence-electron chi connectivity index (χ0n) is 18.2. The van der Waals surface area contributed by atoms with Crippen molar-refractivity contribution in [1.82, 2.24) is 9.21 Å². The van der Waals surface area contributed by atoms with Gasteiger partial charge in [-0.3, -0.25) is 9.69 Å². The van der Waals surface area contributed by atoms with Crippen molar-refractivity contribution < 1.29 is 13.2 Å². The summed E-state index contributed by atoms with van der Waals surface area (Å²) in [5.74, 6) is 0.289. The molecule has 0 aromatic heterocycles. The fourth-order valence-electron chi connectivity index (χ4n) is 3.69. The molecule has 0 spiro atoms. The number of anilines is 1. The highest BCUT2D eigenvalue weighted by Gasteiger charge is 2.30. The van der Waals surface area contributed by atoms with Gasteiger partial charge in [0.2, 0.25) is 15.9 Å². The van der Waals surface area contributed by atoms with Gasteiger partial charge in [-0.15, -0.1) is 0 Å². The molecule has 0 unspecified atom stereocenters. The minimum absolute atomic E-state index is 0.225. The van der Waals surface area contributed by atoms with Crippen LogP contribution in [-0.4, -0.2) is 49.7 Å². The van der Waals surface area contributed by atoms with Crippen molar-refractivity contribution in [2.75, 3.05) is 31.5 Å². The molecule has 2 aromatic carbocycles. The molecule has 1 aliphatic heterocycles. The number of hydrogen-bond acceptors (Lipinski definition) is 4. The SMILES string of the molecule is CC(=O)Nc1ccc(C)c(S(=O)(=O)N2CCN(Cc3ccc(C(C)C)cc3)CC2)c1. The van der Waals surface area contributed by atoms with Crippen molar-refractivity contribution in [2.24, 2.45) is 0 Å². The van der Waals surface area contributed by atoms with Gasteiger partial charge in [0.25, 0.3) is 0 Å². The summed E-state index contributed by atoms with van der Waals surface area (Å²) in [5.41, 5.74) is 3.74. The normalized spacial score (nSPS) is 16.0. The lowest BCUT2D eigenvalue weighted by Crippen LogP contribution is -2.48. The number of nitrogens with one attached hydrogen (secondary N) is 1. The van der Waals surface area contributed by atoms with Crippen LogP contribution < -0.4 is 5.32 Å². The lowest BCUT2D eigenvalue weighted by Gasteiger charge is -2.34. The van der Waals surface area contributed by atoms with Crippen LogP contribution in [0.2, 0.25) is 0 Å². The average molecular weight is 430 g/mol. The maximum atomic E-state index is 13.2. The molecule has 0 atom stereocenters. The number of benzene rings is 2. The number of piperazine rings is 1. The molecule has 0 aliphatic carbocycles. The third kappa shape index (κ3) is 5.28. The van der Waals surface area contributed by atoms with E-state index >= 15 is 0 Å². The van der Waals surface area contributed by atoms with E-state index in [0.717, 1.165) is 6.54 Å². The predicted octanol–water partition coefficient (Wildman–Crippen LogP) is 3.58. The quantitative estimate of drug-likeness (QED) is 0.762. The predicted molar refractivity (Wildman–Crippen MR) is 120 cm³/mol. The van der Waals surface area contributed by atoms with Crippen LogP contribution >= 0.6 is 0 Å². The first-order valence-electron chi connectivity index (χ1n) is 10.4. The van der Waals surface area contributed by atoms with Crippen LogP contribution in [0.25, 0.3) is 0 Å². The molecule has 1 amide bonds. The Balaban J connectivity index is 1.66. The number of carbonyl (C=O) groups is 1. The zero-order chi connectivity index (χ0) is 21.9. The molecular formula is C23H31N3O3S. The van der Waals surface area contributed by atoms with E-state index in [1.807, 2.05) is 0 Å². The smallest absolute Gasteiger partial charge is 0.243 e. The third-order valence-corrected chi connectivity index (χ3v) is 7.55. The molecule has 1 heterocycles. The number of aryl methyl sites for hydroxylation is 1. The molecule has 30 heavy (non-hydrogen) atoms. The van der Waals surface area contributed by atoms with Crippen LogP contribution in [0.15, 0.2) is 47.4 Å². The molecule has 6 nitrogen and oxygen atoms in total. The Hall–Kier alpha value is -2.22. The Kier molecular flexibility index (Phi) is 6.95. The Morgan fingerprint density at radius 1 is 1.03 bits per heavy atom. The van der Waals surface area contributed by atoms with Crippen LogP contribution in [-0.2, 0) is 21.4 Å². The molecule has 2 aromatic rings. The number of amides is 1. The summed E-state index contributed by atoms with van der Waals surface area (Å²) in [6, 6.07) is 13.7. The van der Waals surface area contributed by atoms with Gasteiger partial charge in [-0.25, -0.2) is 8.42 Å². The molecule has 7 heteroatoms. The van der Waals surface area contributed by atoms with E-state index in [-0.39, 0.29) is 10.8 Å². The fourth-order valence-corrected chi connectivity index (χ4v) is 5.37. The zero-order valence-corrected chi connectivity index (χ0v) is 19.0. The highest BCUT2D eigenvalue weighted by atomic mass is 32.2. The van der Waals surface area contributed by atoms with Crippen LogP contribution in [0, 0.1) is 6.92 Å². The van der Waals surface area contributed by atoms with Crippen LogP contribution in [0.5, 0.6) is 0 Å². The molecule has 1 aliphatic rings. The van der Waals surface area contributed by atoms with E-state index in [1.165, 1.54) is 18.1 Å². The van der Waals surface area contributed by atoms with Gasteiger partial charge in [0.1, 0.15) is 0 Å². The number of rotatable bonds is 6. The first-order valence-corrected chi connectivity index (χ1v) is 11.8. The largest absolute Gasteiger partial charge is 0.326 e. The van der Waals surface area contributed by atoms with Gasteiger partial charge in [0.05, 0.1) is 4.90 Å². The van der Waals surface area contributed by atoms with Crippen molar-refractivity contribution in [3.05, 3.63) is 59.2 Å². The minimum atomic E-state index is -3.61.